The molecule has 2 atom stereocenters. The quantitative estimate of drug-likeness (QED) is 0.666. The zero-order valence-electron chi connectivity index (χ0n) is 15.4. The van der Waals surface area contributed by atoms with E-state index in [0.717, 1.165) is 25.1 Å². The van der Waals surface area contributed by atoms with E-state index in [9.17, 15) is 4.79 Å². The van der Waals surface area contributed by atoms with Crippen molar-refractivity contribution in [2.24, 2.45) is 0 Å². The monoisotopic (exact) mass is 420 g/mol. The van der Waals surface area contributed by atoms with Crippen LogP contribution in [-0.2, 0) is 0 Å². The lowest BCUT2D eigenvalue weighted by Gasteiger charge is -2.28. The van der Waals surface area contributed by atoms with Gasteiger partial charge in [-0.2, -0.15) is 5.10 Å². The molecule has 0 aliphatic carbocycles. The minimum absolute atomic E-state index is 0. The average molecular weight is 421 g/mol. The van der Waals surface area contributed by atoms with E-state index >= 15 is 0 Å². The largest absolute Gasteiger partial charge is 0.463 e. The van der Waals surface area contributed by atoms with Crippen molar-refractivity contribution < 1.29 is 9.21 Å². The maximum absolute atomic E-state index is 12.8. The van der Waals surface area contributed by atoms with Gasteiger partial charge in [0.05, 0.1) is 12.0 Å². The normalized spacial score (nSPS) is 19.1. The first-order chi connectivity index (χ1) is 13.1. The fraction of sp³-hybridized carbons (Fsp3) is 0.300. The van der Waals surface area contributed by atoms with Crippen LogP contribution in [0, 0.1) is 0 Å². The Balaban J connectivity index is 0.00000225. The minimum Gasteiger partial charge on any atom is -0.463 e. The molecule has 3 heterocycles. The van der Waals surface area contributed by atoms with Gasteiger partial charge in [-0.3, -0.25) is 4.79 Å². The van der Waals surface area contributed by atoms with E-state index in [4.69, 9.17) is 16.0 Å². The fourth-order valence-electron chi connectivity index (χ4n) is 3.42. The number of nitrogens with zero attached hydrogens (tertiary/aromatic N) is 2. The van der Waals surface area contributed by atoms with Crippen molar-refractivity contribution in [1.29, 1.82) is 0 Å². The van der Waals surface area contributed by atoms with E-state index < -0.39 is 0 Å². The Morgan fingerprint density at radius 1 is 1.32 bits per heavy atom. The van der Waals surface area contributed by atoms with Crippen LogP contribution in [0.1, 0.15) is 30.3 Å². The molecule has 0 saturated carbocycles. The van der Waals surface area contributed by atoms with Gasteiger partial charge < -0.3 is 15.1 Å². The molecule has 6 nitrogen and oxygen atoms in total. The van der Waals surface area contributed by atoms with E-state index in [-0.39, 0.29) is 24.4 Å². The number of nitrogens with one attached hydrogen (secondary N) is 2. The van der Waals surface area contributed by atoms with Gasteiger partial charge in [-0.05, 0) is 56.6 Å². The number of benzene rings is 1. The molecule has 28 heavy (non-hydrogen) atoms. The molecule has 3 aromatic rings. The third kappa shape index (κ3) is 4.41. The minimum atomic E-state index is -0.178. The first-order valence-electron chi connectivity index (χ1n) is 9.04. The van der Waals surface area contributed by atoms with E-state index in [1.165, 1.54) is 0 Å². The highest BCUT2D eigenvalue weighted by atomic mass is 35.5. The molecule has 1 aliphatic heterocycles. The van der Waals surface area contributed by atoms with Gasteiger partial charge in [-0.1, -0.05) is 17.7 Å². The number of aromatic nitrogens is 2. The van der Waals surface area contributed by atoms with Crippen molar-refractivity contribution in [2.75, 3.05) is 6.54 Å². The SMILES string of the molecule is CC1CC(NC(=O)c2cc(-c3ccco3)n(-c3cccc(Cl)c3)n2)CCN1.Cl. The topological polar surface area (TPSA) is 72.1 Å². The molecular weight excluding hydrogens is 399 g/mol. The van der Waals surface area contributed by atoms with Gasteiger partial charge in [-0.15, -0.1) is 12.4 Å². The molecule has 4 rings (SSSR count). The van der Waals surface area contributed by atoms with Crippen molar-refractivity contribution in [1.82, 2.24) is 20.4 Å². The first kappa shape index (κ1) is 20.5. The average Bonchev–Trinajstić information content (AvgIpc) is 3.31. The molecule has 1 saturated heterocycles. The summed E-state index contributed by atoms with van der Waals surface area (Å²) < 4.78 is 7.22. The molecule has 1 aliphatic rings. The van der Waals surface area contributed by atoms with Crippen LogP contribution in [0.3, 0.4) is 0 Å². The van der Waals surface area contributed by atoms with E-state index in [1.807, 2.05) is 18.2 Å². The highest BCUT2D eigenvalue weighted by Crippen LogP contribution is 2.26. The van der Waals surface area contributed by atoms with Gasteiger partial charge in [-0.25, -0.2) is 4.68 Å². The van der Waals surface area contributed by atoms with Crippen LogP contribution < -0.4 is 10.6 Å². The van der Waals surface area contributed by atoms with E-state index in [0.29, 0.717) is 28.2 Å². The molecule has 1 fully saturated rings. The van der Waals surface area contributed by atoms with Gasteiger partial charge in [0.25, 0.3) is 5.91 Å². The molecule has 1 aromatic carbocycles. The summed E-state index contributed by atoms with van der Waals surface area (Å²) in [5.41, 5.74) is 1.82. The highest BCUT2D eigenvalue weighted by molar-refractivity contribution is 6.30. The number of rotatable bonds is 4. The van der Waals surface area contributed by atoms with Gasteiger partial charge in [0.1, 0.15) is 5.69 Å². The van der Waals surface area contributed by atoms with Crippen molar-refractivity contribution in [3.05, 3.63) is 59.4 Å². The maximum atomic E-state index is 12.8. The van der Waals surface area contributed by atoms with Crippen LogP contribution in [0.5, 0.6) is 0 Å². The van der Waals surface area contributed by atoms with Crippen LogP contribution in [0.25, 0.3) is 17.1 Å². The van der Waals surface area contributed by atoms with Crippen molar-refractivity contribution >= 4 is 29.9 Å². The van der Waals surface area contributed by atoms with Crippen molar-refractivity contribution in [2.45, 2.75) is 31.8 Å². The lowest BCUT2D eigenvalue weighted by Crippen LogP contribution is -2.46. The zero-order chi connectivity index (χ0) is 18.8. The zero-order valence-corrected chi connectivity index (χ0v) is 17.0. The van der Waals surface area contributed by atoms with Crippen LogP contribution in [-0.4, -0.2) is 34.3 Å². The van der Waals surface area contributed by atoms with Crippen LogP contribution >= 0.6 is 24.0 Å². The standard InChI is InChI=1S/C20H21ClN4O2.ClH/c1-13-10-15(7-8-22-13)23-20(26)17-12-18(19-6-3-9-27-19)25(24-17)16-5-2-4-14(21)11-16;/h2-6,9,11-13,15,22H,7-8,10H2,1H3,(H,23,26);1H. The Bertz CT molecular complexity index is 940. The number of piperidine rings is 1. The molecule has 2 N–H and O–H groups in total. The first-order valence-corrected chi connectivity index (χ1v) is 9.42. The second-order valence-corrected chi connectivity index (χ2v) is 7.27. The molecule has 8 heteroatoms. The third-order valence-corrected chi connectivity index (χ3v) is 4.96. The summed E-state index contributed by atoms with van der Waals surface area (Å²) in [5, 5.41) is 11.6. The van der Waals surface area contributed by atoms with Gasteiger partial charge in [0.2, 0.25) is 0 Å². The summed E-state index contributed by atoms with van der Waals surface area (Å²) >= 11 is 6.13. The Hall–Kier alpha value is -2.28. The smallest absolute Gasteiger partial charge is 0.272 e. The lowest BCUT2D eigenvalue weighted by molar-refractivity contribution is 0.0920. The Labute approximate surface area is 174 Å². The van der Waals surface area contributed by atoms with Crippen molar-refractivity contribution in [3.8, 4) is 17.1 Å². The van der Waals surface area contributed by atoms with Crippen LogP contribution in [0.15, 0.2) is 53.1 Å². The molecule has 0 spiro atoms. The predicted octanol–water partition coefficient (Wildman–Crippen LogP) is 4.08. The molecule has 2 aromatic heterocycles. The number of hydrogen-bond donors (Lipinski definition) is 2. The molecule has 0 bridgehead atoms. The number of carbonyl (C=O) groups is 1. The summed E-state index contributed by atoms with van der Waals surface area (Å²) in [4.78, 5) is 12.8. The highest BCUT2D eigenvalue weighted by Gasteiger charge is 2.23. The number of carbonyl (C=O) groups excluding carboxylic acids is 1. The number of hydrogen-bond acceptors (Lipinski definition) is 4. The summed E-state index contributed by atoms with van der Waals surface area (Å²) in [6.45, 7) is 3.03. The molecule has 148 valence electrons. The Morgan fingerprint density at radius 2 is 2.18 bits per heavy atom. The van der Waals surface area contributed by atoms with Gasteiger partial charge in [0.15, 0.2) is 11.5 Å². The van der Waals surface area contributed by atoms with Crippen molar-refractivity contribution in [3.63, 3.8) is 0 Å². The number of halogens is 2. The second-order valence-electron chi connectivity index (χ2n) is 6.83. The summed E-state index contributed by atoms with van der Waals surface area (Å²) in [7, 11) is 0. The Kier molecular flexibility index (Phi) is 6.44. The molecule has 2 unspecified atom stereocenters. The summed E-state index contributed by atoms with van der Waals surface area (Å²) in [6, 6.07) is 13.3. The molecule has 1 amide bonds. The molecular formula is C20H22Cl2N4O2. The Morgan fingerprint density at radius 3 is 2.89 bits per heavy atom. The molecule has 0 radical (unpaired) electrons. The van der Waals surface area contributed by atoms with Crippen LogP contribution in [0.2, 0.25) is 5.02 Å². The summed E-state index contributed by atoms with van der Waals surface area (Å²) in [6.07, 6.45) is 3.42. The number of furan rings is 1. The van der Waals surface area contributed by atoms with E-state index in [1.54, 1.807) is 35.2 Å². The van der Waals surface area contributed by atoms with E-state index in [2.05, 4.69) is 22.7 Å². The van der Waals surface area contributed by atoms with Gasteiger partial charge in [0, 0.05) is 23.2 Å². The number of amides is 1. The lowest BCUT2D eigenvalue weighted by atomic mass is 10.0. The van der Waals surface area contributed by atoms with Gasteiger partial charge >= 0.3 is 0 Å². The maximum Gasteiger partial charge on any atom is 0.272 e. The third-order valence-electron chi connectivity index (χ3n) is 4.73. The van der Waals surface area contributed by atoms with Crippen LogP contribution in [0.4, 0.5) is 0 Å². The second kappa shape index (κ2) is 8.82. The fourth-order valence-corrected chi connectivity index (χ4v) is 3.60. The summed E-state index contributed by atoms with van der Waals surface area (Å²) in [5.74, 6) is 0.458. The predicted molar refractivity (Wildman–Crippen MR) is 111 cm³/mol.